The fourth-order valence-electron chi connectivity index (χ4n) is 6.96. The molecule has 0 N–H and O–H groups in total. The quantitative estimate of drug-likeness (QED) is 0.214. The fourth-order valence-corrected chi connectivity index (χ4v) is 14.1. The molecule has 0 aromatic rings. The molecule has 0 unspecified atom stereocenters. The second-order valence-electron chi connectivity index (χ2n) is 12.1. The van der Waals surface area contributed by atoms with Crippen LogP contribution in [0, 0.1) is 0 Å². The van der Waals surface area contributed by atoms with Crippen LogP contribution in [0.25, 0.3) is 0 Å². The van der Waals surface area contributed by atoms with E-state index in [1.807, 2.05) is 11.7 Å². The van der Waals surface area contributed by atoms with Crippen molar-refractivity contribution >= 4 is 17.1 Å². The summed E-state index contributed by atoms with van der Waals surface area (Å²) in [5, 5.41) is 0. The molecule has 0 radical (unpaired) electrons. The molecular weight excluding hydrogens is 548 g/mol. The van der Waals surface area contributed by atoms with E-state index in [1.54, 1.807) is 77.0 Å². The maximum absolute atomic E-state index is 5.43. The van der Waals surface area contributed by atoms with Gasteiger partial charge in [0.05, 0.1) is 0 Å². The van der Waals surface area contributed by atoms with Crippen LogP contribution in [-0.2, 0) is 21.0 Å². The van der Waals surface area contributed by atoms with Crippen LogP contribution in [0.2, 0.25) is 0 Å². The van der Waals surface area contributed by atoms with E-state index in [2.05, 4.69) is 37.5 Å². The molecule has 5 heteroatoms. The van der Waals surface area contributed by atoms with Crippen molar-refractivity contribution in [1.29, 1.82) is 0 Å². The Labute approximate surface area is 233 Å². The topological polar surface area (TPSA) is 15.7 Å². The van der Waals surface area contributed by atoms with Gasteiger partial charge in [0.25, 0.3) is 0 Å². The molecule has 0 aromatic heterocycles. The zero-order valence-electron chi connectivity index (χ0n) is 24.5. The van der Waals surface area contributed by atoms with Crippen LogP contribution in [0.15, 0.2) is 0 Å². The summed E-state index contributed by atoms with van der Waals surface area (Å²) in [5.74, 6) is 0. The van der Waals surface area contributed by atoms with Gasteiger partial charge in [-0.2, -0.15) is 0 Å². The third-order valence-corrected chi connectivity index (χ3v) is 14.9. The summed E-state index contributed by atoms with van der Waals surface area (Å²) in [4.78, 5) is 7.15. The molecule has 3 aliphatic carbocycles. The first-order chi connectivity index (χ1) is 17.5. The van der Waals surface area contributed by atoms with Crippen LogP contribution >= 0.6 is 7.92 Å². The van der Waals surface area contributed by atoms with Crippen molar-refractivity contribution in [3.63, 3.8) is 0 Å². The summed E-state index contributed by atoms with van der Waals surface area (Å²) in [7, 11) is 0.385. The summed E-state index contributed by atoms with van der Waals surface area (Å²) >= 11 is 0.0619. The predicted octanol–water partition coefficient (Wildman–Crippen LogP) is 8.24. The number of hydrogen-bond acceptors (Lipinski definition) is 3. The van der Waals surface area contributed by atoms with Gasteiger partial charge in [-0.15, -0.1) is 0 Å². The number of nitrogens with zero attached hydrogens (tertiary/aromatic N) is 2. The van der Waals surface area contributed by atoms with Crippen LogP contribution < -0.4 is 0 Å². The first-order valence-electron chi connectivity index (χ1n) is 15.7. The van der Waals surface area contributed by atoms with Crippen molar-refractivity contribution in [2.45, 2.75) is 166 Å². The van der Waals surface area contributed by atoms with E-state index >= 15 is 0 Å². The Hall–Kier alpha value is 0.673. The molecule has 4 aliphatic rings. The summed E-state index contributed by atoms with van der Waals surface area (Å²) in [6.07, 6.45) is 24.9. The second-order valence-corrected chi connectivity index (χ2v) is 16.9. The Morgan fingerprint density at radius 3 is 1.42 bits per heavy atom. The SMILES string of the molecule is C1CCC(P(C2CCCCC2)C2CCCCC2)CC1.CCO[CH]=[Ru]=[C]1N(C(C)C)CCCN1C(C)C. The van der Waals surface area contributed by atoms with Crippen molar-refractivity contribution < 1.29 is 21.0 Å². The van der Waals surface area contributed by atoms with Crippen molar-refractivity contribution in [2.24, 2.45) is 0 Å². The Kier molecular flexibility index (Phi) is 15.1. The molecule has 4 fully saturated rings. The summed E-state index contributed by atoms with van der Waals surface area (Å²) < 4.78 is 6.95. The molecule has 0 bridgehead atoms. The summed E-state index contributed by atoms with van der Waals surface area (Å²) in [6, 6.07) is 1.19. The molecule has 36 heavy (non-hydrogen) atoms. The first-order valence-corrected chi connectivity index (χ1v) is 19.2. The third-order valence-electron chi connectivity index (χ3n) is 8.85. The normalized spacial score (nSPS) is 24.4. The molecular formula is C31H59N2OPRu. The molecule has 1 heterocycles. The van der Waals surface area contributed by atoms with Gasteiger partial charge in [-0.05, 0) is 55.5 Å². The molecule has 1 saturated heterocycles. The van der Waals surface area contributed by atoms with E-state index in [-0.39, 0.29) is 16.2 Å². The molecule has 0 aromatic carbocycles. The first kappa shape index (κ1) is 31.2. The number of rotatable bonds is 7. The van der Waals surface area contributed by atoms with E-state index in [0.717, 1.165) is 6.61 Å². The van der Waals surface area contributed by atoms with Gasteiger partial charge in [0.2, 0.25) is 0 Å². The van der Waals surface area contributed by atoms with E-state index in [4.69, 9.17) is 4.74 Å². The summed E-state index contributed by atoms with van der Waals surface area (Å²) in [6.45, 7) is 14.4. The zero-order valence-corrected chi connectivity index (χ0v) is 27.1. The van der Waals surface area contributed by atoms with Gasteiger partial charge >= 0.3 is 113 Å². The van der Waals surface area contributed by atoms with E-state index < -0.39 is 0 Å². The molecule has 3 saturated carbocycles. The van der Waals surface area contributed by atoms with Crippen molar-refractivity contribution in [2.75, 3.05) is 19.7 Å². The van der Waals surface area contributed by atoms with Crippen molar-refractivity contribution in [3.05, 3.63) is 0 Å². The number of hydrogen-bond donors (Lipinski definition) is 0. The van der Waals surface area contributed by atoms with Crippen LogP contribution in [0.3, 0.4) is 0 Å². The van der Waals surface area contributed by atoms with Gasteiger partial charge in [0.1, 0.15) is 0 Å². The fraction of sp³-hybridized carbons (Fsp3) is 0.935. The van der Waals surface area contributed by atoms with Crippen molar-refractivity contribution in [1.82, 2.24) is 9.80 Å². The Morgan fingerprint density at radius 2 is 1.08 bits per heavy atom. The standard InChI is InChI=1S/C18H33P.C10H20N2.C3H6O.Ru/c1-4-10-16(11-5-1)19(17-12-6-2-7-13-17)18-14-8-3-9-15-18;1-9(2)11-6-5-7-12(8-11)10(3)4;1-3-4-2;/h16-18H,1-15H2;9-10H,5-7H2,1-4H3;2H,3H2,1H3;. The van der Waals surface area contributed by atoms with Crippen LogP contribution in [-0.4, -0.2) is 67.7 Å². The number of ether oxygens (including phenoxy) is 1. The van der Waals surface area contributed by atoms with E-state index in [1.165, 1.54) is 60.1 Å². The predicted molar refractivity (Wildman–Crippen MR) is 159 cm³/mol. The van der Waals surface area contributed by atoms with E-state index in [0.29, 0.717) is 20.0 Å². The van der Waals surface area contributed by atoms with E-state index in [9.17, 15) is 0 Å². The van der Waals surface area contributed by atoms with Gasteiger partial charge in [0, 0.05) is 0 Å². The van der Waals surface area contributed by atoms with Gasteiger partial charge in [-0.3, -0.25) is 0 Å². The second kappa shape index (κ2) is 17.4. The minimum atomic E-state index is 0.0619. The Morgan fingerprint density at radius 1 is 0.694 bits per heavy atom. The molecule has 0 amide bonds. The van der Waals surface area contributed by atoms with Gasteiger partial charge in [-0.1, -0.05) is 65.7 Å². The third kappa shape index (κ3) is 9.70. The maximum atomic E-state index is 5.43. The summed E-state index contributed by atoms with van der Waals surface area (Å²) in [5.41, 5.74) is 3.57. The van der Waals surface area contributed by atoms with Crippen LogP contribution in [0.5, 0.6) is 0 Å². The average Bonchev–Trinajstić information content (AvgIpc) is 2.91. The molecule has 3 nitrogen and oxygen atoms in total. The Bertz CT molecular complexity index is 599. The molecule has 1 aliphatic heterocycles. The van der Waals surface area contributed by atoms with Gasteiger partial charge < -0.3 is 0 Å². The zero-order chi connectivity index (χ0) is 25.8. The van der Waals surface area contributed by atoms with Crippen molar-refractivity contribution in [3.8, 4) is 0 Å². The minimum absolute atomic E-state index is 0.0619. The Balaban J connectivity index is 0.000000202. The van der Waals surface area contributed by atoms with Crippen LogP contribution in [0.1, 0.15) is 137 Å². The van der Waals surface area contributed by atoms with Gasteiger partial charge in [0.15, 0.2) is 0 Å². The van der Waals surface area contributed by atoms with Gasteiger partial charge in [-0.25, -0.2) is 0 Å². The molecule has 0 atom stereocenters. The average molecular weight is 608 g/mol. The molecule has 212 valence electrons. The van der Waals surface area contributed by atoms with Crippen LogP contribution in [0.4, 0.5) is 0 Å². The monoisotopic (exact) mass is 608 g/mol. The molecule has 0 spiro atoms. The molecule has 4 rings (SSSR count).